The van der Waals surface area contributed by atoms with E-state index < -0.39 is 5.82 Å². The summed E-state index contributed by atoms with van der Waals surface area (Å²) in [7, 11) is 1.30. The van der Waals surface area contributed by atoms with E-state index in [1.807, 2.05) is 27.3 Å². The molecular weight excluding hydrogens is 437 g/mol. The predicted molar refractivity (Wildman–Crippen MR) is 106 cm³/mol. The molecule has 0 aliphatic carbocycles. The van der Waals surface area contributed by atoms with Crippen LogP contribution in [0.4, 0.5) is 8.78 Å². The second kappa shape index (κ2) is 9.71. The second-order valence-corrected chi connectivity index (χ2v) is 6.85. The Hall–Kier alpha value is -1.50. The van der Waals surface area contributed by atoms with Gasteiger partial charge >= 0.3 is 0 Å². The fourth-order valence-electron chi connectivity index (χ4n) is 2.10. The lowest BCUT2D eigenvalue weighted by Crippen LogP contribution is -1.90. The number of halogens is 3. The Labute approximate surface area is 158 Å². The van der Waals surface area contributed by atoms with Gasteiger partial charge in [0.15, 0.2) is 0 Å². The SMILES string of the molecule is CCCCc1ccc(C#Cc2ccc(C#CSI)c(F)c2)c(F)c1. The van der Waals surface area contributed by atoms with Crippen LogP contribution in [0.5, 0.6) is 0 Å². The second-order valence-electron chi connectivity index (χ2n) is 5.17. The van der Waals surface area contributed by atoms with Crippen LogP contribution in [-0.4, -0.2) is 0 Å². The zero-order valence-corrected chi connectivity index (χ0v) is 16.1. The molecule has 0 bridgehead atoms. The number of aryl methyl sites for hydroxylation is 1. The van der Waals surface area contributed by atoms with Gasteiger partial charge in [0, 0.05) is 26.8 Å². The zero-order chi connectivity index (χ0) is 17.4. The Morgan fingerprint density at radius 1 is 0.958 bits per heavy atom. The van der Waals surface area contributed by atoms with Crippen LogP contribution in [0.25, 0.3) is 0 Å². The van der Waals surface area contributed by atoms with Crippen LogP contribution in [0.3, 0.4) is 0 Å². The van der Waals surface area contributed by atoms with Crippen molar-refractivity contribution in [3.05, 3.63) is 70.3 Å². The smallest absolute Gasteiger partial charge is 0.140 e. The van der Waals surface area contributed by atoms with Crippen molar-refractivity contribution in [3.8, 4) is 23.0 Å². The minimum absolute atomic E-state index is 0.320. The van der Waals surface area contributed by atoms with Crippen LogP contribution < -0.4 is 0 Å². The third-order valence-electron chi connectivity index (χ3n) is 3.39. The fourth-order valence-corrected chi connectivity index (χ4v) is 2.58. The topological polar surface area (TPSA) is 0 Å². The molecule has 0 saturated carbocycles. The van der Waals surface area contributed by atoms with Gasteiger partial charge in [-0.25, -0.2) is 8.78 Å². The normalized spacial score (nSPS) is 9.67. The van der Waals surface area contributed by atoms with Crippen molar-refractivity contribution in [3.63, 3.8) is 0 Å². The highest BCUT2D eigenvalue weighted by Crippen LogP contribution is 2.14. The van der Waals surface area contributed by atoms with Gasteiger partial charge in [-0.3, -0.25) is 0 Å². The molecule has 0 nitrogen and oxygen atoms in total. The van der Waals surface area contributed by atoms with Crippen molar-refractivity contribution in [2.45, 2.75) is 26.2 Å². The number of rotatable bonds is 3. The molecule has 2 aromatic rings. The van der Waals surface area contributed by atoms with Gasteiger partial charge in [-0.15, -0.1) is 0 Å². The summed E-state index contributed by atoms with van der Waals surface area (Å²) in [5.74, 6) is 7.53. The predicted octanol–water partition coefficient (Wildman–Crippen LogP) is 6.10. The van der Waals surface area contributed by atoms with Gasteiger partial charge in [-0.05, 0) is 62.9 Å². The van der Waals surface area contributed by atoms with E-state index >= 15 is 0 Å². The molecule has 2 rings (SSSR count). The maximum Gasteiger partial charge on any atom is 0.140 e. The lowest BCUT2D eigenvalue weighted by molar-refractivity contribution is 0.620. The standard InChI is InChI=1S/C20H15F2IS/c1-2-3-4-15-5-8-17(19(21)13-15)9-6-16-7-10-18(11-12-24-23)20(22)14-16/h5,7-8,10,13-14H,2-4H2,1H3. The van der Waals surface area contributed by atoms with E-state index in [1.54, 1.807) is 18.2 Å². The molecule has 122 valence electrons. The molecular formula is C20H15F2IS. The van der Waals surface area contributed by atoms with Crippen molar-refractivity contribution < 1.29 is 8.78 Å². The summed E-state index contributed by atoms with van der Waals surface area (Å²) in [6.45, 7) is 2.10. The Balaban J connectivity index is 2.19. The molecule has 2 aromatic carbocycles. The average Bonchev–Trinajstić information content (AvgIpc) is 2.58. The van der Waals surface area contributed by atoms with E-state index in [0.717, 1.165) is 24.8 Å². The van der Waals surface area contributed by atoms with E-state index in [0.29, 0.717) is 16.7 Å². The molecule has 0 spiro atoms. The molecule has 0 aromatic heterocycles. The summed E-state index contributed by atoms with van der Waals surface area (Å²) in [5.41, 5.74) is 2.12. The van der Waals surface area contributed by atoms with Crippen molar-refractivity contribution >= 4 is 30.1 Å². The molecule has 4 heteroatoms. The van der Waals surface area contributed by atoms with Gasteiger partial charge in [0.05, 0.1) is 11.1 Å². The van der Waals surface area contributed by atoms with E-state index in [-0.39, 0.29) is 5.82 Å². The summed E-state index contributed by atoms with van der Waals surface area (Å²) >= 11 is 2.03. The molecule has 0 aliphatic rings. The molecule has 0 saturated heterocycles. The van der Waals surface area contributed by atoms with Crippen molar-refractivity contribution in [2.24, 2.45) is 0 Å². The van der Waals surface area contributed by atoms with Crippen LogP contribution in [-0.2, 0) is 6.42 Å². The maximum absolute atomic E-state index is 14.1. The number of hydrogen-bond acceptors (Lipinski definition) is 1. The lowest BCUT2D eigenvalue weighted by atomic mass is 10.1. The van der Waals surface area contributed by atoms with E-state index in [9.17, 15) is 8.78 Å². The Bertz CT molecular complexity index is 838. The van der Waals surface area contributed by atoms with Crippen LogP contribution in [0.2, 0.25) is 0 Å². The first-order valence-corrected chi connectivity index (χ1v) is 10.9. The summed E-state index contributed by atoms with van der Waals surface area (Å²) in [6.07, 6.45) is 2.98. The van der Waals surface area contributed by atoms with Crippen LogP contribution >= 0.6 is 30.1 Å². The van der Waals surface area contributed by atoms with Gasteiger partial charge in [0.25, 0.3) is 0 Å². The lowest BCUT2D eigenvalue weighted by Gasteiger charge is -2.01. The molecule has 0 aliphatic heterocycles. The van der Waals surface area contributed by atoms with Gasteiger partial charge < -0.3 is 0 Å². The van der Waals surface area contributed by atoms with Crippen LogP contribution in [0.1, 0.15) is 42.0 Å². The fraction of sp³-hybridized carbons (Fsp3) is 0.200. The first kappa shape index (κ1) is 18.8. The highest BCUT2D eigenvalue weighted by atomic mass is 127. The van der Waals surface area contributed by atoms with E-state index in [4.69, 9.17) is 0 Å². The van der Waals surface area contributed by atoms with Crippen molar-refractivity contribution in [1.29, 1.82) is 0 Å². The Morgan fingerprint density at radius 3 is 2.33 bits per heavy atom. The highest BCUT2D eigenvalue weighted by Gasteiger charge is 2.02. The molecule has 0 heterocycles. The van der Waals surface area contributed by atoms with Crippen molar-refractivity contribution in [2.75, 3.05) is 0 Å². The van der Waals surface area contributed by atoms with E-state index in [2.05, 4.69) is 29.9 Å². The van der Waals surface area contributed by atoms with Gasteiger partial charge in [-0.1, -0.05) is 37.2 Å². The van der Waals surface area contributed by atoms with E-state index in [1.165, 1.54) is 21.1 Å². The molecule has 0 unspecified atom stereocenters. The van der Waals surface area contributed by atoms with Gasteiger partial charge in [0.1, 0.15) is 11.6 Å². The molecule has 24 heavy (non-hydrogen) atoms. The minimum Gasteiger partial charge on any atom is -0.206 e. The minimum atomic E-state index is -0.421. The zero-order valence-electron chi connectivity index (χ0n) is 13.1. The quantitative estimate of drug-likeness (QED) is 0.401. The molecule has 0 amide bonds. The highest BCUT2D eigenvalue weighted by molar-refractivity contribution is 14.2. The Kier molecular flexibility index (Phi) is 7.62. The third-order valence-corrected chi connectivity index (χ3v) is 4.23. The number of hydrogen-bond donors (Lipinski definition) is 0. The summed E-state index contributed by atoms with van der Waals surface area (Å²) in [6, 6.07) is 9.70. The Morgan fingerprint density at radius 2 is 1.67 bits per heavy atom. The molecule has 0 atom stereocenters. The summed E-state index contributed by atoms with van der Waals surface area (Å²) in [4.78, 5) is 0. The third kappa shape index (κ3) is 5.54. The summed E-state index contributed by atoms with van der Waals surface area (Å²) < 4.78 is 28.0. The van der Waals surface area contributed by atoms with Crippen LogP contribution in [0.15, 0.2) is 36.4 Å². The maximum atomic E-state index is 14.1. The molecule has 0 N–H and O–H groups in total. The van der Waals surface area contributed by atoms with Crippen molar-refractivity contribution in [1.82, 2.24) is 0 Å². The average molecular weight is 452 g/mol. The molecule has 0 fully saturated rings. The number of benzene rings is 2. The first-order chi connectivity index (χ1) is 11.6. The summed E-state index contributed by atoms with van der Waals surface area (Å²) in [5, 5.41) is 2.74. The largest absolute Gasteiger partial charge is 0.206 e. The number of unbranched alkanes of at least 4 members (excludes halogenated alkanes) is 1. The monoisotopic (exact) mass is 452 g/mol. The first-order valence-electron chi connectivity index (χ1n) is 7.52. The molecule has 0 radical (unpaired) electrons. The van der Waals surface area contributed by atoms with Gasteiger partial charge in [0.2, 0.25) is 0 Å². The van der Waals surface area contributed by atoms with Crippen LogP contribution in [0, 0.1) is 34.6 Å². The van der Waals surface area contributed by atoms with Gasteiger partial charge in [-0.2, -0.15) is 0 Å².